The van der Waals surface area contributed by atoms with Crippen LogP contribution in [0.15, 0.2) is 36.5 Å². The second kappa shape index (κ2) is 6.93. The van der Waals surface area contributed by atoms with E-state index in [9.17, 15) is 0 Å². The number of hydrogen-bond acceptors (Lipinski definition) is 3. The zero-order valence-electron chi connectivity index (χ0n) is 11.4. The Morgan fingerprint density at radius 3 is 2.75 bits per heavy atom. The molecule has 1 heterocycles. The van der Waals surface area contributed by atoms with Crippen LogP contribution in [0.4, 0.5) is 0 Å². The Kier molecular flexibility index (Phi) is 5.24. The van der Waals surface area contributed by atoms with Gasteiger partial charge >= 0.3 is 0 Å². The summed E-state index contributed by atoms with van der Waals surface area (Å²) in [7, 11) is 1.63. The van der Waals surface area contributed by atoms with Crippen molar-refractivity contribution in [2.24, 2.45) is 0 Å². The first-order valence-corrected chi connectivity index (χ1v) is 7.10. The summed E-state index contributed by atoms with van der Waals surface area (Å²) in [6.45, 7) is 2.80. The molecule has 1 unspecified atom stereocenters. The molecule has 0 radical (unpaired) electrons. The summed E-state index contributed by atoms with van der Waals surface area (Å²) in [5.41, 5.74) is 1.68. The van der Waals surface area contributed by atoms with Crippen molar-refractivity contribution in [3.05, 3.63) is 57.8 Å². The van der Waals surface area contributed by atoms with Crippen LogP contribution in [0.25, 0.3) is 0 Å². The van der Waals surface area contributed by atoms with Gasteiger partial charge < -0.3 is 10.1 Å². The lowest BCUT2D eigenvalue weighted by Gasteiger charge is -2.21. The highest BCUT2D eigenvalue weighted by molar-refractivity contribution is 6.42. The molecule has 0 bridgehead atoms. The monoisotopic (exact) mass is 310 g/mol. The zero-order valence-corrected chi connectivity index (χ0v) is 12.9. The first-order chi connectivity index (χ1) is 9.69. The number of ether oxygens (including phenoxy) is 1. The van der Waals surface area contributed by atoms with Gasteiger partial charge in [0.1, 0.15) is 11.4 Å². The number of halogens is 2. The first kappa shape index (κ1) is 15.1. The van der Waals surface area contributed by atoms with Crippen molar-refractivity contribution in [3.8, 4) is 5.75 Å². The quantitative estimate of drug-likeness (QED) is 0.903. The minimum atomic E-state index is -0.164. The van der Waals surface area contributed by atoms with Crippen LogP contribution in [0.2, 0.25) is 10.0 Å². The molecule has 106 valence electrons. The number of benzene rings is 1. The van der Waals surface area contributed by atoms with E-state index < -0.39 is 0 Å². The predicted molar refractivity (Wildman–Crippen MR) is 82.8 cm³/mol. The number of pyridine rings is 1. The fourth-order valence-corrected chi connectivity index (χ4v) is 2.51. The molecule has 3 nitrogen and oxygen atoms in total. The van der Waals surface area contributed by atoms with Gasteiger partial charge in [-0.15, -0.1) is 0 Å². The average Bonchev–Trinajstić information content (AvgIpc) is 2.48. The summed E-state index contributed by atoms with van der Waals surface area (Å²) in [5.74, 6) is 0.717. The summed E-state index contributed by atoms with van der Waals surface area (Å²) in [6, 6.07) is 9.14. The van der Waals surface area contributed by atoms with Gasteiger partial charge in [0, 0.05) is 6.20 Å². The standard InChI is InChI=1S/C15H16Cl2N2O/c1-3-18-14(10-6-4-7-11(16)13(10)17)15-12(20-2)8-5-9-19-15/h4-9,14,18H,3H2,1-2H3. The van der Waals surface area contributed by atoms with Gasteiger partial charge in [0.05, 0.1) is 23.2 Å². The van der Waals surface area contributed by atoms with E-state index in [4.69, 9.17) is 27.9 Å². The van der Waals surface area contributed by atoms with E-state index in [1.807, 2.05) is 31.2 Å². The van der Waals surface area contributed by atoms with Crippen molar-refractivity contribution < 1.29 is 4.74 Å². The molecule has 20 heavy (non-hydrogen) atoms. The molecule has 1 aromatic heterocycles. The molecule has 0 fully saturated rings. The lowest BCUT2D eigenvalue weighted by atomic mass is 10.0. The Bertz CT molecular complexity index is 590. The lowest BCUT2D eigenvalue weighted by Crippen LogP contribution is -2.24. The predicted octanol–water partition coefficient (Wildman–Crippen LogP) is 4.10. The molecule has 0 saturated carbocycles. The molecule has 1 atom stereocenters. The topological polar surface area (TPSA) is 34.2 Å². The Balaban J connectivity index is 2.53. The van der Waals surface area contributed by atoms with Crippen LogP contribution in [0.1, 0.15) is 24.2 Å². The smallest absolute Gasteiger partial charge is 0.142 e. The Morgan fingerprint density at radius 2 is 2.05 bits per heavy atom. The van der Waals surface area contributed by atoms with E-state index in [2.05, 4.69) is 10.3 Å². The molecule has 1 aromatic carbocycles. The van der Waals surface area contributed by atoms with Crippen molar-refractivity contribution in [2.75, 3.05) is 13.7 Å². The maximum atomic E-state index is 6.33. The minimum Gasteiger partial charge on any atom is -0.495 e. The van der Waals surface area contributed by atoms with E-state index in [-0.39, 0.29) is 6.04 Å². The highest BCUT2D eigenvalue weighted by Gasteiger charge is 2.21. The maximum absolute atomic E-state index is 6.33. The van der Waals surface area contributed by atoms with Gasteiger partial charge in [-0.1, -0.05) is 42.3 Å². The molecule has 1 N–H and O–H groups in total. The van der Waals surface area contributed by atoms with Gasteiger partial charge in [0.25, 0.3) is 0 Å². The molecule has 2 rings (SSSR count). The third-order valence-corrected chi connectivity index (χ3v) is 3.83. The Labute approximate surface area is 128 Å². The van der Waals surface area contributed by atoms with Crippen LogP contribution in [0.5, 0.6) is 5.75 Å². The molecular formula is C15H16Cl2N2O. The molecule has 0 spiro atoms. The lowest BCUT2D eigenvalue weighted by molar-refractivity contribution is 0.400. The summed E-state index contributed by atoms with van der Waals surface area (Å²) >= 11 is 12.4. The Morgan fingerprint density at radius 1 is 1.25 bits per heavy atom. The minimum absolute atomic E-state index is 0.164. The van der Waals surface area contributed by atoms with E-state index in [1.54, 1.807) is 19.4 Å². The van der Waals surface area contributed by atoms with E-state index in [1.165, 1.54) is 0 Å². The van der Waals surface area contributed by atoms with E-state index >= 15 is 0 Å². The normalized spacial score (nSPS) is 12.2. The maximum Gasteiger partial charge on any atom is 0.142 e. The van der Waals surface area contributed by atoms with Crippen molar-refractivity contribution in [3.63, 3.8) is 0 Å². The van der Waals surface area contributed by atoms with Crippen LogP contribution >= 0.6 is 23.2 Å². The number of rotatable bonds is 5. The largest absolute Gasteiger partial charge is 0.495 e. The van der Waals surface area contributed by atoms with E-state index in [0.29, 0.717) is 10.0 Å². The molecule has 5 heteroatoms. The SMILES string of the molecule is CCNC(c1cccc(Cl)c1Cl)c1ncccc1OC. The van der Waals surface area contributed by atoms with Crippen LogP contribution in [0, 0.1) is 0 Å². The van der Waals surface area contributed by atoms with Gasteiger partial charge in [-0.3, -0.25) is 4.98 Å². The molecule has 0 aliphatic rings. The third-order valence-electron chi connectivity index (χ3n) is 2.99. The number of nitrogens with zero attached hydrogens (tertiary/aromatic N) is 1. The molecule has 0 saturated heterocycles. The summed E-state index contributed by atoms with van der Waals surface area (Å²) in [6.07, 6.45) is 1.74. The highest BCUT2D eigenvalue weighted by Crippen LogP contribution is 2.35. The summed E-state index contributed by atoms with van der Waals surface area (Å²) in [4.78, 5) is 4.43. The van der Waals surface area contributed by atoms with Crippen LogP contribution in [-0.2, 0) is 0 Å². The van der Waals surface area contributed by atoms with Crippen LogP contribution in [0.3, 0.4) is 0 Å². The van der Waals surface area contributed by atoms with Crippen LogP contribution < -0.4 is 10.1 Å². The van der Waals surface area contributed by atoms with Crippen molar-refractivity contribution in [1.29, 1.82) is 0 Å². The Hall–Kier alpha value is -1.29. The third kappa shape index (κ3) is 3.06. The summed E-state index contributed by atoms with van der Waals surface area (Å²) < 4.78 is 5.39. The molecule has 0 aliphatic carbocycles. The fourth-order valence-electron chi connectivity index (χ4n) is 2.09. The number of nitrogens with one attached hydrogen (secondary N) is 1. The summed E-state index contributed by atoms with van der Waals surface area (Å²) in [5, 5.41) is 4.44. The highest BCUT2D eigenvalue weighted by atomic mass is 35.5. The van der Waals surface area contributed by atoms with E-state index in [0.717, 1.165) is 23.6 Å². The van der Waals surface area contributed by atoms with Crippen molar-refractivity contribution in [2.45, 2.75) is 13.0 Å². The van der Waals surface area contributed by atoms with Gasteiger partial charge in [-0.05, 0) is 30.3 Å². The van der Waals surface area contributed by atoms with Gasteiger partial charge in [0.2, 0.25) is 0 Å². The second-order valence-corrected chi connectivity index (χ2v) is 5.01. The van der Waals surface area contributed by atoms with Gasteiger partial charge in [-0.2, -0.15) is 0 Å². The number of hydrogen-bond donors (Lipinski definition) is 1. The number of methoxy groups -OCH3 is 1. The average molecular weight is 311 g/mol. The van der Waals surface area contributed by atoms with Gasteiger partial charge in [-0.25, -0.2) is 0 Å². The van der Waals surface area contributed by atoms with Crippen molar-refractivity contribution >= 4 is 23.2 Å². The first-order valence-electron chi connectivity index (χ1n) is 6.35. The van der Waals surface area contributed by atoms with Gasteiger partial charge in [0.15, 0.2) is 0 Å². The molecular weight excluding hydrogens is 295 g/mol. The second-order valence-electron chi connectivity index (χ2n) is 4.22. The zero-order chi connectivity index (χ0) is 14.5. The van der Waals surface area contributed by atoms with Crippen LogP contribution in [-0.4, -0.2) is 18.6 Å². The fraction of sp³-hybridized carbons (Fsp3) is 0.267. The number of aromatic nitrogens is 1. The van der Waals surface area contributed by atoms with Crippen molar-refractivity contribution in [1.82, 2.24) is 10.3 Å². The molecule has 0 amide bonds. The molecule has 2 aromatic rings. The molecule has 0 aliphatic heterocycles.